The van der Waals surface area contributed by atoms with E-state index in [-0.39, 0.29) is 0 Å². The summed E-state index contributed by atoms with van der Waals surface area (Å²) in [5.41, 5.74) is 0. The number of hydrogen-bond acceptors (Lipinski definition) is 0. The zero-order valence-electron chi connectivity index (χ0n) is 18.1. The Kier molecular flexibility index (Phi) is 22.0. The molecule has 0 amide bonds. The van der Waals surface area contributed by atoms with Crippen LogP contribution in [0.25, 0.3) is 0 Å². The minimum Gasteiger partial charge on any atom is -0.0654 e. The van der Waals surface area contributed by atoms with E-state index in [0.29, 0.717) is 5.92 Å². The molecule has 0 heteroatoms. The minimum atomic E-state index is 0.649. The first-order valence-electron chi connectivity index (χ1n) is 12.1. The summed E-state index contributed by atoms with van der Waals surface area (Å²) in [6.07, 6.45) is 30.6. The van der Waals surface area contributed by atoms with Crippen LogP contribution in [0.4, 0.5) is 0 Å². The second-order valence-electron chi connectivity index (χ2n) is 8.61. The first kappa shape index (κ1) is 25.0. The molecule has 1 radical (unpaired) electrons. The molecule has 0 heterocycles. The molecule has 1 atom stereocenters. The molecule has 0 aromatic rings. The lowest BCUT2D eigenvalue weighted by molar-refractivity contribution is 0.513. The largest absolute Gasteiger partial charge is 0.0654 e. The molecular weight excluding hydrogens is 300 g/mol. The molecule has 1 unspecified atom stereocenters. The fourth-order valence-corrected chi connectivity index (χ4v) is 3.75. The Morgan fingerprint density at radius 1 is 0.440 bits per heavy atom. The van der Waals surface area contributed by atoms with Gasteiger partial charge in [-0.15, -0.1) is 0 Å². The highest BCUT2D eigenvalue weighted by atomic mass is 14.0. The summed E-state index contributed by atoms with van der Waals surface area (Å²) in [7, 11) is 0. The van der Waals surface area contributed by atoms with Gasteiger partial charge in [0.15, 0.2) is 0 Å². The van der Waals surface area contributed by atoms with E-state index < -0.39 is 0 Å². The highest BCUT2D eigenvalue weighted by Gasteiger charge is 1.96. The summed E-state index contributed by atoms with van der Waals surface area (Å²) >= 11 is 0. The second-order valence-corrected chi connectivity index (χ2v) is 8.61. The Morgan fingerprint density at radius 2 is 0.680 bits per heavy atom. The van der Waals surface area contributed by atoms with Crippen molar-refractivity contribution in [1.82, 2.24) is 0 Å². The van der Waals surface area contributed by atoms with E-state index in [1.54, 1.807) is 0 Å². The molecule has 0 aliphatic heterocycles. The lowest BCUT2D eigenvalue weighted by atomic mass is 10.0. The smallest absolute Gasteiger partial charge is 0.0443 e. The van der Waals surface area contributed by atoms with Crippen LogP contribution in [0, 0.1) is 12.8 Å². The van der Waals surface area contributed by atoms with Crippen LogP contribution < -0.4 is 0 Å². The number of hydrogen-bond donors (Lipinski definition) is 0. The van der Waals surface area contributed by atoms with Gasteiger partial charge in [-0.25, -0.2) is 0 Å². The summed E-state index contributed by atoms with van der Waals surface area (Å²) in [6.45, 7) is 8.59. The van der Waals surface area contributed by atoms with Gasteiger partial charge in [0.25, 0.3) is 0 Å². The predicted octanol–water partition coefficient (Wildman–Crippen LogP) is 9.67. The molecule has 151 valence electrons. The van der Waals surface area contributed by atoms with E-state index in [2.05, 4.69) is 20.8 Å². The summed E-state index contributed by atoms with van der Waals surface area (Å²) in [5.74, 6) is 0.649. The molecule has 0 aliphatic rings. The average Bonchev–Trinajstić information content (AvgIpc) is 2.60. The first-order valence-corrected chi connectivity index (χ1v) is 12.1. The van der Waals surface area contributed by atoms with Crippen LogP contribution in [0.5, 0.6) is 0 Å². The summed E-state index contributed by atoms with van der Waals surface area (Å²) in [4.78, 5) is 0. The lowest BCUT2D eigenvalue weighted by Gasteiger charge is -2.05. The highest BCUT2D eigenvalue weighted by molar-refractivity contribution is 4.55. The fraction of sp³-hybridized carbons (Fsp3) is 0.960. The summed E-state index contributed by atoms with van der Waals surface area (Å²) < 4.78 is 0. The van der Waals surface area contributed by atoms with Crippen LogP contribution in [-0.2, 0) is 0 Å². The van der Waals surface area contributed by atoms with Gasteiger partial charge in [-0.05, 0) is 5.92 Å². The van der Waals surface area contributed by atoms with E-state index in [4.69, 9.17) is 0 Å². The molecule has 25 heavy (non-hydrogen) atoms. The van der Waals surface area contributed by atoms with Crippen molar-refractivity contribution in [3.8, 4) is 0 Å². The third-order valence-electron chi connectivity index (χ3n) is 5.55. The maximum atomic E-state index is 4.06. The molecule has 0 spiro atoms. The van der Waals surface area contributed by atoms with Crippen molar-refractivity contribution < 1.29 is 0 Å². The van der Waals surface area contributed by atoms with Gasteiger partial charge in [-0.1, -0.05) is 156 Å². The van der Waals surface area contributed by atoms with Crippen LogP contribution in [0.3, 0.4) is 0 Å². The normalized spacial score (nSPS) is 11.5. The van der Waals surface area contributed by atoms with Crippen molar-refractivity contribution in [2.45, 2.75) is 149 Å². The quantitative estimate of drug-likeness (QED) is 0.180. The molecule has 0 saturated heterocycles. The summed E-state index contributed by atoms with van der Waals surface area (Å²) in [6, 6.07) is 0. The Bertz CT molecular complexity index is 218. The Hall–Kier alpha value is 0. The molecule has 0 aromatic carbocycles. The van der Waals surface area contributed by atoms with Gasteiger partial charge >= 0.3 is 0 Å². The monoisotopic (exact) mass is 351 g/mol. The maximum absolute atomic E-state index is 4.06. The summed E-state index contributed by atoms with van der Waals surface area (Å²) in [5, 5.41) is 0. The van der Waals surface area contributed by atoms with Crippen molar-refractivity contribution >= 4 is 0 Å². The highest BCUT2D eigenvalue weighted by Crippen LogP contribution is 2.15. The molecule has 0 saturated carbocycles. The third-order valence-corrected chi connectivity index (χ3v) is 5.55. The van der Waals surface area contributed by atoms with E-state index in [1.807, 2.05) is 0 Å². The maximum Gasteiger partial charge on any atom is -0.0443 e. The molecule has 0 nitrogen and oxygen atoms in total. The Balaban J connectivity index is 2.96. The third kappa shape index (κ3) is 24.0. The molecule has 0 bridgehead atoms. The van der Waals surface area contributed by atoms with Crippen molar-refractivity contribution in [2.24, 2.45) is 5.92 Å². The van der Waals surface area contributed by atoms with Crippen molar-refractivity contribution in [3.05, 3.63) is 6.92 Å². The van der Waals surface area contributed by atoms with Gasteiger partial charge in [0, 0.05) is 0 Å². The van der Waals surface area contributed by atoms with Gasteiger partial charge in [0.1, 0.15) is 0 Å². The van der Waals surface area contributed by atoms with Crippen LogP contribution in [0.15, 0.2) is 0 Å². The molecule has 0 fully saturated rings. The van der Waals surface area contributed by atoms with Crippen LogP contribution in [0.1, 0.15) is 149 Å². The fourth-order valence-electron chi connectivity index (χ4n) is 3.75. The Labute approximate surface area is 161 Å². The number of unbranched alkanes of at least 4 members (excludes halogenated alkanes) is 19. The zero-order chi connectivity index (χ0) is 18.4. The standard InChI is InChI=1S/C25H51/c1-4-5-6-7-8-9-10-11-12-13-14-15-16-17-18-19-20-21-22-23-24-25(2)3/h25H,2,4-24H2,1,3H3. The SMILES string of the molecule is [CH2]C(C)CCCCCCCCCCCCCCCCCCCCCC. The first-order chi connectivity index (χ1) is 12.3. The molecule has 0 aliphatic carbocycles. The zero-order valence-corrected chi connectivity index (χ0v) is 18.1. The minimum absolute atomic E-state index is 0.649. The average molecular weight is 352 g/mol. The predicted molar refractivity (Wildman–Crippen MR) is 117 cm³/mol. The van der Waals surface area contributed by atoms with Crippen molar-refractivity contribution in [3.63, 3.8) is 0 Å². The van der Waals surface area contributed by atoms with Crippen molar-refractivity contribution in [1.29, 1.82) is 0 Å². The lowest BCUT2D eigenvalue weighted by Crippen LogP contribution is -1.87. The van der Waals surface area contributed by atoms with E-state index in [1.165, 1.54) is 135 Å². The van der Waals surface area contributed by atoms with Gasteiger partial charge in [-0.2, -0.15) is 0 Å². The molecular formula is C25H51. The number of rotatable bonds is 21. The van der Waals surface area contributed by atoms with E-state index in [0.717, 1.165) is 0 Å². The van der Waals surface area contributed by atoms with Gasteiger partial charge < -0.3 is 0 Å². The van der Waals surface area contributed by atoms with Crippen molar-refractivity contribution in [2.75, 3.05) is 0 Å². The van der Waals surface area contributed by atoms with E-state index in [9.17, 15) is 0 Å². The Morgan fingerprint density at radius 3 is 0.920 bits per heavy atom. The molecule has 0 N–H and O–H groups in total. The second kappa shape index (κ2) is 22.0. The van der Waals surface area contributed by atoms with Crippen LogP contribution in [-0.4, -0.2) is 0 Å². The molecule has 0 aromatic heterocycles. The van der Waals surface area contributed by atoms with Crippen LogP contribution in [0.2, 0.25) is 0 Å². The van der Waals surface area contributed by atoms with Crippen LogP contribution >= 0.6 is 0 Å². The van der Waals surface area contributed by atoms with Gasteiger partial charge in [-0.3, -0.25) is 0 Å². The topological polar surface area (TPSA) is 0 Å². The molecule has 0 rings (SSSR count). The van der Waals surface area contributed by atoms with Gasteiger partial charge in [0.05, 0.1) is 0 Å². The van der Waals surface area contributed by atoms with Gasteiger partial charge in [0.2, 0.25) is 0 Å². The van der Waals surface area contributed by atoms with E-state index >= 15 is 0 Å².